The van der Waals surface area contributed by atoms with Gasteiger partial charge in [-0.2, -0.15) is 0 Å². The molecule has 10 nitrogen and oxygen atoms in total. The Labute approximate surface area is 295 Å². The van der Waals surface area contributed by atoms with Crippen LogP contribution in [0.5, 0.6) is 0 Å². The minimum Gasteiger partial charge on any atom is -0.363 e. The zero-order valence-corrected chi connectivity index (χ0v) is 31.5. The third-order valence-corrected chi connectivity index (χ3v) is 9.75. The number of ketones is 1. The second kappa shape index (κ2) is 19.7. The molecule has 49 heavy (non-hydrogen) atoms. The zero-order valence-electron chi connectivity index (χ0n) is 31.5. The Balaban J connectivity index is 0.00000158. The second-order valence-corrected chi connectivity index (χ2v) is 14.9. The van der Waals surface area contributed by atoms with Crippen LogP contribution < -0.4 is 21.7 Å². The van der Waals surface area contributed by atoms with E-state index in [-0.39, 0.29) is 23.8 Å². The van der Waals surface area contributed by atoms with Gasteiger partial charge in [0.25, 0.3) is 5.91 Å². The van der Waals surface area contributed by atoms with Crippen LogP contribution >= 0.6 is 0 Å². The number of carbonyl (C=O) groups excluding carboxylic acids is 5. The molecule has 5 N–H and O–H groups in total. The van der Waals surface area contributed by atoms with Gasteiger partial charge in [-0.1, -0.05) is 124 Å². The average molecular weight is 684 g/mol. The van der Waals surface area contributed by atoms with Crippen LogP contribution in [-0.2, 0) is 19.2 Å². The van der Waals surface area contributed by atoms with E-state index in [1.165, 1.54) is 16.9 Å². The number of benzene rings is 1. The minimum absolute atomic E-state index is 0.136. The first kappa shape index (κ1) is 41.7. The number of primary amides is 1. The summed E-state index contributed by atoms with van der Waals surface area (Å²) in [5, 5.41) is 9.10. The molecule has 1 aliphatic heterocycles. The third kappa shape index (κ3) is 11.8. The second-order valence-electron chi connectivity index (χ2n) is 14.9. The van der Waals surface area contributed by atoms with Crippen molar-refractivity contribution < 1.29 is 24.0 Å². The Bertz CT molecular complexity index is 1220. The number of likely N-dealkylation sites (tertiary alicyclic amines) is 1. The lowest BCUT2D eigenvalue weighted by atomic mass is 9.69. The quantitative estimate of drug-likeness (QED) is 0.189. The first-order valence-corrected chi connectivity index (χ1v) is 18.9. The summed E-state index contributed by atoms with van der Waals surface area (Å²) < 4.78 is 0. The molecule has 0 radical (unpaired) electrons. The van der Waals surface area contributed by atoms with E-state index in [9.17, 15) is 24.0 Å². The van der Waals surface area contributed by atoms with Crippen LogP contribution in [0, 0.1) is 11.3 Å². The van der Waals surface area contributed by atoms with Crippen molar-refractivity contribution in [2.45, 2.75) is 162 Å². The van der Waals surface area contributed by atoms with Gasteiger partial charge in [-0.15, -0.1) is 0 Å². The van der Waals surface area contributed by atoms with E-state index < -0.39 is 46.7 Å². The lowest BCUT2D eigenvalue weighted by Gasteiger charge is -2.45. The number of carbonyl (C=O) groups is 5. The summed E-state index contributed by atoms with van der Waals surface area (Å²) >= 11 is 0. The maximum atomic E-state index is 14.1. The van der Waals surface area contributed by atoms with Crippen molar-refractivity contribution in [1.82, 2.24) is 20.9 Å². The standard InChI is InChI=1S/C34H51N5O5.C3H8.C2H6/c1-5-24(23-13-8-6-9-14-23)34(18-10-7-11-19-34)38-32(44)37-28(33(2,3)4)31(43)39-20-12-15-26(39)30(42)36-25(21-22-16-17-22)27(40)29(35)41;1-3-2;1-2/h6,8-9,13-14,22,24-26,28H,5,7,10-12,15-21H2,1-4H3,(H2,35,41)(H,36,42)(H2,37,38,44);3H2,1-2H3;1-2H3/t24?,25?,26-,28?;;/m0../s1. The molecule has 0 bridgehead atoms. The van der Waals surface area contributed by atoms with Gasteiger partial charge in [-0.05, 0) is 55.4 Å². The number of nitrogens with one attached hydrogen (secondary N) is 3. The first-order chi connectivity index (χ1) is 23.3. The molecule has 2 aliphatic carbocycles. The van der Waals surface area contributed by atoms with Gasteiger partial charge in [-0.3, -0.25) is 19.2 Å². The molecular formula is C39H65N5O5. The van der Waals surface area contributed by atoms with Crippen LogP contribution in [0.1, 0.15) is 144 Å². The van der Waals surface area contributed by atoms with E-state index >= 15 is 0 Å². The van der Waals surface area contributed by atoms with Gasteiger partial charge in [0.2, 0.25) is 17.6 Å². The van der Waals surface area contributed by atoms with E-state index in [0.29, 0.717) is 25.8 Å². The topological polar surface area (TPSA) is 151 Å². The molecule has 1 heterocycles. The number of Topliss-reactive ketones (excluding diaryl/α,β-unsaturated/α-hetero) is 1. The number of nitrogens with two attached hydrogens (primary N) is 1. The molecule has 1 saturated heterocycles. The molecule has 0 aromatic heterocycles. The highest BCUT2D eigenvalue weighted by Crippen LogP contribution is 2.42. The monoisotopic (exact) mass is 683 g/mol. The van der Waals surface area contributed by atoms with Crippen molar-refractivity contribution in [3.8, 4) is 0 Å². The molecule has 10 heteroatoms. The Morgan fingerprint density at radius 2 is 1.49 bits per heavy atom. The normalized spacial score (nSPS) is 20.2. The fourth-order valence-electron chi connectivity index (χ4n) is 7.24. The highest BCUT2D eigenvalue weighted by molar-refractivity contribution is 6.37. The van der Waals surface area contributed by atoms with E-state index in [1.54, 1.807) is 0 Å². The number of hydrogen-bond acceptors (Lipinski definition) is 5. The predicted octanol–water partition coefficient (Wildman–Crippen LogP) is 6.37. The smallest absolute Gasteiger partial charge is 0.315 e. The number of nitrogens with zero attached hydrogens (tertiary/aromatic N) is 1. The summed E-state index contributed by atoms with van der Waals surface area (Å²) in [5.41, 5.74) is 5.39. The number of amides is 5. The van der Waals surface area contributed by atoms with Crippen molar-refractivity contribution >= 4 is 29.5 Å². The Kier molecular flexibility index (Phi) is 16.8. The largest absolute Gasteiger partial charge is 0.363 e. The lowest BCUT2D eigenvalue weighted by molar-refractivity contribution is -0.143. The van der Waals surface area contributed by atoms with Crippen molar-refractivity contribution in [2.24, 2.45) is 17.1 Å². The molecular weight excluding hydrogens is 618 g/mol. The number of urea groups is 1. The maximum absolute atomic E-state index is 14.1. The van der Waals surface area contributed by atoms with Crippen LogP contribution in [0.25, 0.3) is 0 Å². The fourth-order valence-corrected chi connectivity index (χ4v) is 7.24. The number of hydrogen-bond donors (Lipinski definition) is 4. The average Bonchev–Trinajstić information content (AvgIpc) is 3.75. The van der Waals surface area contributed by atoms with Crippen molar-refractivity contribution in [1.29, 1.82) is 0 Å². The van der Waals surface area contributed by atoms with Gasteiger partial charge in [0.05, 0.1) is 6.04 Å². The summed E-state index contributed by atoms with van der Waals surface area (Å²) in [6.07, 6.45) is 10.3. The molecule has 0 spiro atoms. The van der Waals surface area contributed by atoms with E-state index in [4.69, 9.17) is 5.73 Å². The van der Waals surface area contributed by atoms with E-state index in [0.717, 1.165) is 51.4 Å². The third-order valence-electron chi connectivity index (χ3n) is 9.75. The Morgan fingerprint density at radius 1 is 0.898 bits per heavy atom. The molecule has 276 valence electrons. The van der Waals surface area contributed by atoms with Crippen molar-refractivity contribution in [3.63, 3.8) is 0 Å². The highest BCUT2D eigenvalue weighted by Gasteiger charge is 2.45. The summed E-state index contributed by atoms with van der Waals surface area (Å²) in [6, 6.07) is 7.24. The summed E-state index contributed by atoms with van der Waals surface area (Å²) in [6.45, 7) is 16.5. The molecule has 4 rings (SSSR count). The van der Waals surface area contributed by atoms with Gasteiger partial charge in [0.15, 0.2) is 0 Å². The fraction of sp³-hybridized carbons (Fsp3) is 0.718. The summed E-state index contributed by atoms with van der Waals surface area (Å²) in [4.78, 5) is 67.0. The Hall–Kier alpha value is -3.43. The lowest BCUT2D eigenvalue weighted by Crippen LogP contribution is -2.63. The van der Waals surface area contributed by atoms with Crippen LogP contribution in [0.15, 0.2) is 30.3 Å². The first-order valence-electron chi connectivity index (χ1n) is 18.9. The van der Waals surface area contributed by atoms with E-state index in [1.807, 2.05) is 52.8 Å². The van der Waals surface area contributed by atoms with Crippen molar-refractivity contribution in [3.05, 3.63) is 35.9 Å². The van der Waals surface area contributed by atoms with E-state index in [2.05, 4.69) is 48.9 Å². The molecule has 3 fully saturated rings. The highest BCUT2D eigenvalue weighted by atomic mass is 16.2. The summed E-state index contributed by atoms with van der Waals surface area (Å²) in [7, 11) is 0. The Morgan fingerprint density at radius 3 is 2.00 bits per heavy atom. The molecule has 3 aliphatic rings. The minimum atomic E-state index is -1.08. The van der Waals surface area contributed by atoms with Gasteiger partial charge in [-0.25, -0.2) is 4.79 Å². The molecule has 1 aromatic rings. The van der Waals surface area contributed by atoms with Crippen LogP contribution in [-0.4, -0.2) is 64.6 Å². The van der Waals surface area contributed by atoms with Gasteiger partial charge in [0, 0.05) is 18.0 Å². The zero-order chi connectivity index (χ0) is 36.8. The van der Waals surface area contributed by atoms with Crippen molar-refractivity contribution in [2.75, 3.05) is 6.54 Å². The number of rotatable bonds is 12. The molecule has 1 aromatic carbocycles. The maximum Gasteiger partial charge on any atom is 0.315 e. The van der Waals surface area contributed by atoms with Gasteiger partial charge < -0.3 is 26.6 Å². The van der Waals surface area contributed by atoms with Crippen LogP contribution in [0.4, 0.5) is 4.79 Å². The van der Waals surface area contributed by atoms with Crippen LogP contribution in [0.2, 0.25) is 0 Å². The summed E-state index contributed by atoms with van der Waals surface area (Å²) in [5.74, 6) is -2.28. The van der Waals surface area contributed by atoms with Gasteiger partial charge >= 0.3 is 6.03 Å². The molecule has 5 amide bonds. The molecule has 2 saturated carbocycles. The van der Waals surface area contributed by atoms with Crippen LogP contribution in [0.3, 0.4) is 0 Å². The molecule has 3 unspecified atom stereocenters. The van der Waals surface area contributed by atoms with Gasteiger partial charge in [0.1, 0.15) is 12.1 Å². The molecule has 4 atom stereocenters. The predicted molar refractivity (Wildman–Crippen MR) is 196 cm³/mol. The SMILES string of the molecule is CC.CCC.CCC(c1ccccc1)C1(NC(=O)NC(C(=O)N2CCC[C@H]2C(=O)NC(CC2CC2)C(=O)C(N)=O)C(C)(C)C)CCCCC1.